The molecule has 0 saturated heterocycles. The molecule has 0 aliphatic heterocycles. The summed E-state index contributed by atoms with van der Waals surface area (Å²) in [4.78, 5) is 13.8. The summed E-state index contributed by atoms with van der Waals surface area (Å²) in [5.74, 6) is 0.644. The van der Waals surface area contributed by atoms with Crippen LogP contribution in [0.2, 0.25) is 0 Å². The van der Waals surface area contributed by atoms with Crippen molar-refractivity contribution in [3.63, 3.8) is 0 Å². The number of benzene rings is 1. The Labute approximate surface area is 128 Å². The monoisotopic (exact) mass is 376 g/mol. The number of nitrogens with zero attached hydrogens (tertiary/aromatic N) is 1. The molecule has 4 nitrogen and oxygen atoms in total. The van der Waals surface area contributed by atoms with E-state index in [-0.39, 0.29) is 12.5 Å². The SMILES string of the molecule is CCN(CC)CCNC(=O)COc1ccc(I)cc1. The van der Waals surface area contributed by atoms with Crippen molar-refractivity contribution in [3.8, 4) is 5.75 Å². The highest BCUT2D eigenvalue weighted by molar-refractivity contribution is 14.1. The predicted octanol–water partition coefficient (Wildman–Crippen LogP) is 2.13. The molecule has 106 valence electrons. The molecule has 0 heterocycles. The molecule has 1 N–H and O–H groups in total. The maximum Gasteiger partial charge on any atom is 0.257 e. The Hall–Kier alpha value is -0.820. The average molecular weight is 376 g/mol. The normalized spacial score (nSPS) is 10.5. The van der Waals surface area contributed by atoms with E-state index in [0.717, 1.165) is 29.0 Å². The van der Waals surface area contributed by atoms with Gasteiger partial charge in [0.2, 0.25) is 0 Å². The van der Waals surface area contributed by atoms with Crippen LogP contribution in [0, 0.1) is 3.57 Å². The van der Waals surface area contributed by atoms with Crippen LogP contribution in [-0.2, 0) is 4.79 Å². The molecule has 1 rings (SSSR count). The van der Waals surface area contributed by atoms with Crippen molar-refractivity contribution in [3.05, 3.63) is 27.8 Å². The van der Waals surface area contributed by atoms with E-state index < -0.39 is 0 Å². The summed E-state index contributed by atoms with van der Waals surface area (Å²) in [6.07, 6.45) is 0. The lowest BCUT2D eigenvalue weighted by Gasteiger charge is -2.17. The smallest absolute Gasteiger partial charge is 0.257 e. The van der Waals surface area contributed by atoms with Crippen LogP contribution in [0.3, 0.4) is 0 Å². The molecule has 0 bridgehead atoms. The molecule has 1 aromatic carbocycles. The molecule has 0 aliphatic carbocycles. The highest BCUT2D eigenvalue weighted by Crippen LogP contribution is 2.13. The second kappa shape index (κ2) is 9.14. The number of carbonyl (C=O) groups is 1. The van der Waals surface area contributed by atoms with Gasteiger partial charge in [-0.1, -0.05) is 13.8 Å². The predicted molar refractivity (Wildman–Crippen MR) is 85.5 cm³/mol. The van der Waals surface area contributed by atoms with Crippen LogP contribution in [0.4, 0.5) is 0 Å². The van der Waals surface area contributed by atoms with Crippen LogP contribution in [0.15, 0.2) is 24.3 Å². The van der Waals surface area contributed by atoms with Crippen LogP contribution in [0.5, 0.6) is 5.75 Å². The van der Waals surface area contributed by atoms with Crippen molar-refractivity contribution in [2.45, 2.75) is 13.8 Å². The first kappa shape index (κ1) is 16.2. The number of nitrogens with one attached hydrogen (secondary N) is 1. The van der Waals surface area contributed by atoms with Gasteiger partial charge in [0.25, 0.3) is 5.91 Å². The van der Waals surface area contributed by atoms with Gasteiger partial charge in [-0.25, -0.2) is 0 Å². The van der Waals surface area contributed by atoms with E-state index in [0.29, 0.717) is 6.54 Å². The fraction of sp³-hybridized carbons (Fsp3) is 0.500. The van der Waals surface area contributed by atoms with E-state index in [1.165, 1.54) is 0 Å². The van der Waals surface area contributed by atoms with Crippen molar-refractivity contribution < 1.29 is 9.53 Å². The maximum absolute atomic E-state index is 11.6. The molecular formula is C14H21IN2O2. The summed E-state index contributed by atoms with van der Waals surface area (Å²) in [5, 5.41) is 2.86. The summed E-state index contributed by atoms with van der Waals surface area (Å²) in [6.45, 7) is 7.85. The number of amides is 1. The second-order valence-corrected chi connectivity index (χ2v) is 5.37. The van der Waals surface area contributed by atoms with Gasteiger partial charge in [0.1, 0.15) is 5.75 Å². The van der Waals surface area contributed by atoms with Crippen molar-refractivity contribution in [2.75, 3.05) is 32.8 Å². The summed E-state index contributed by atoms with van der Waals surface area (Å²) in [7, 11) is 0. The summed E-state index contributed by atoms with van der Waals surface area (Å²) in [5.41, 5.74) is 0. The minimum Gasteiger partial charge on any atom is -0.484 e. The third-order valence-corrected chi connectivity index (χ3v) is 3.55. The molecule has 19 heavy (non-hydrogen) atoms. The maximum atomic E-state index is 11.6. The van der Waals surface area contributed by atoms with Gasteiger partial charge in [0, 0.05) is 16.7 Å². The molecule has 0 radical (unpaired) electrons. The quantitative estimate of drug-likeness (QED) is 0.707. The Morgan fingerprint density at radius 1 is 1.26 bits per heavy atom. The highest BCUT2D eigenvalue weighted by atomic mass is 127. The average Bonchev–Trinajstić information content (AvgIpc) is 2.43. The first-order valence-corrected chi connectivity index (χ1v) is 7.61. The Kier molecular flexibility index (Phi) is 7.81. The van der Waals surface area contributed by atoms with E-state index in [1.54, 1.807) is 0 Å². The fourth-order valence-electron chi connectivity index (χ4n) is 1.62. The van der Waals surface area contributed by atoms with E-state index in [9.17, 15) is 4.79 Å². The van der Waals surface area contributed by atoms with Crippen LogP contribution < -0.4 is 10.1 Å². The third kappa shape index (κ3) is 6.77. The molecule has 0 atom stereocenters. The standard InChI is InChI=1S/C14H21IN2O2/c1-3-17(4-2)10-9-16-14(18)11-19-13-7-5-12(15)6-8-13/h5-8H,3-4,9-11H2,1-2H3,(H,16,18). The van der Waals surface area contributed by atoms with Gasteiger partial charge < -0.3 is 15.0 Å². The van der Waals surface area contributed by atoms with E-state index in [1.807, 2.05) is 24.3 Å². The number of hydrogen-bond acceptors (Lipinski definition) is 3. The van der Waals surface area contributed by atoms with Gasteiger partial charge in [-0.05, 0) is 59.9 Å². The summed E-state index contributed by atoms with van der Waals surface area (Å²) < 4.78 is 6.55. The zero-order chi connectivity index (χ0) is 14.1. The Morgan fingerprint density at radius 2 is 1.89 bits per heavy atom. The summed E-state index contributed by atoms with van der Waals surface area (Å²) in [6, 6.07) is 7.64. The van der Waals surface area contributed by atoms with Crippen molar-refractivity contribution in [2.24, 2.45) is 0 Å². The minimum absolute atomic E-state index is 0.0683. The molecule has 5 heteroatoms. The lowest BCUT2D eigenvalue weighted by molar-refractivity contribution is -0.123. The minimum atomic E-state index is -0.0780. The van der Waals surface area contributed by atoms with E-state index in [2.05, 4.69) is 46.7 Å². The Bertz CT molecular complexity index is 378. The summed E-state index contributed by atoms with van der Waals surface area (Å²) >= 11 is 2.23. The van der Waals surface area contributed by atoms with Gasteiger partial charge in [-0.3, -0.25) is 4.79 Å². The topological polar surface area (TPSA) is 41.6 Å². The van der Waals surface area contributed by atoms with Gasteiger partial charge in [0.05, 0.1) is 0 Å². The second-order valence-electron chi connectivity index (χ2n) is 4.12. The first-order chi connectivity index (χ1) is 9.15. The molecule has 0 saturated carbocycles. The van der Waals surface area contributed by atoms with Crippen molar-refractivity contribution in [1.29, 1.82) is 0 Å². The van der Waals surface area contributed by atoms with Crippen molar-refractivity contribution >= 4 is 28.5 Å². The Balaban J connectivity index is 2.19. The van der Waals surface area contributed by atoms with Gasteiger partial charge in [-0.15, -0.1) is 0 Å². The van der Waals surface area contributed by atoms with E-state index >= 15 is 0 Å². The molecule has 0 aromatic heterocycles. The molecule has 0 unspecified atom stereocenters. The largest absolute Gasteiger partial charge is 0.484 e. The molecule has 0 spiro atoms. The molecule has 1 amide bonds. The molecular weight excluding hydrogens is 355 g/mol. The van der Waals surface area contributed by atoms with Crippen LogP contribution in [-0.4, -0.2) is 43.6 Å². The number of halogens is 1. The number of likely N-dealkylation sites (N-methyl/N-ethyl adjacent to an activating group) is 1. The van der Waals surface area contributed by atoms with Crippen LogP contribution in [0.1, 0.15) is 13.8 Å². The van der Waals surface area contributed by atoms with Gasteiger partial charge in [0.15, 0.2) is 6.61 Å². The zero-order valence-electron chi connectivity index (χ0n) is 11.5. The van der Waals surface area contributed by atoms with Crippen LogP contribution in [0.25, 0.3) is 0 Å². The van der Waals surface area contributed by atoms with E-state index in [4.69, 9.17) is 4.74 Å². The molecule has 1 aromatic rings. The lowest BCUT2D eigenvalue weighted by Crippen LogP contribution is -2.36. The Morgan fingerprint density at radius 3 is 2.47 bits per heavy atom. The van der Waals surface area contributed by atoms with Crippen molar-refractivity contribution in [1.82, 2.24) is 10.2 Å². The first-order valence-electron chi connectivity index (χ1n) is 6.53. The van der Waals surface area contributed by atoms with Crippen LogP contribution >= 0.6 is 22.6 Å². The highest BCUT2D eigenvalue weighted by Gasteiger charge is 2.04. The number of ether oxygens (including phenoxy) is 1. The molecule has 0 fully saturated rings. The number of carbonyl (C=O) groups excluding carboxylic acids is 1. The third-order valence-electron chi connectivity index (χ3n) is 2.83. The number of rotatable bonds is 8. The van der Waals surface area contributed by atoms with Gasteiger partial charge >= 0.3 is 0 Å². The number of hydrogen-bond donors (Lipinski definition) is 1. The fourth-order valence-corrected chi connectivity index (χ4v) is 1.98. The lowest BCUT2D eigenvalue weighted by atomic mass is 10.3. The van der Waals surface area contributed by atoms with Gasteiger partial charge in [-0.2, -0.15) is 0 Å². The zero-order valence-corrected chi connectivity index (χ0v) is 13.6. The molecule has 0 aliphatic rings.